The van der Waals surface area contributed by atoms with Crippen molar-refractivity contribution in [2.75, 3.05) is 7.11 Å². The number of hydrogen-bond acceptors (Lipinski definition) is 3. The maximum atomic E-state index is 11.2. The van der Waals surface area contributed by atoms with Crippen molar-refractivity contribution in [2.45, 2.75) is 13.0 Å². The minimum Gasteiger partial charge on any atom is -0.497 e. The van der Waals surface area contributed by atoms with Crippen LogP contribution in [0.2, 0.25) is 0 Å². The van der Waals surface area contributed by atoms with Crippen molar-refractivity contribution in [2.24, 2.45) is 0 Å². The van der Waals surface area contributed by atoms with Gasteiger partial charge in [0.25, 0.3) is 0 Å². The number of aliphatic hydroxyl groups excluding tert-OH is 1. The summed E-state index contributed by atoms with van der Waals surface area (Å²) in [5.41, 5.74) is 0.979. The number of hydrogen-bond donors (Lipinski definition) is 1. The van der Waals surface area contributed by atoms with Crippen LogP contribution in [-0.2, 0) is 4.79 Å². The largest absolute Gasteiger partial charge is 0.497 e. The Morgan fingerprint density at radius 2 is 2.00 bits per heavy atom. The molecule has 0 aliphatic rings. The quantitative estimate of drug-likeness (QED) is 0.865. The Morgan fingerprint density at radius 3 is 2.38 bits per heavy atom. The van der Waals surface area contributed by atoms with E-state index in [0.717, 1.165) is 0 Å². The molecule has 86 valence electrons. The zero-order valence-electron chi connectivity index (χ0n) is 9.11. The summed E-state index contributed by atoms with van der Waals surface area (Å²) in [6.45, 7) is 1.42. The van der Waals surface area contributed by atoms with Crippen LogP contribution >= 0.6 is 15.9 Å². The molecule has 0 aromatic heterocycles. The second-order valence-electron chi connectivity index (χ2n) is 3.30. The first-order valence-corrected chi connectivity index (χ1v) is 5.65. The molecule has 0 amide bonds. The van der Waals surface area contributed by atoms with Crippen LogP contribution < -0.4 is 4.74 Å². The predicted molar refractivity (Wildman–Crippen MR) is 65.6 cm³/mol. The van der Waals surface area contributed by atoms with Gasteiger partial charge in [-0.05, 0) is 29.6 Å². The summed E-state index contributed by atoms with van der Waals surface area (Å²) in [7, 11) is 1.57. The summed E-state index contributed by atoms with van der Waals surface area (Å²) in [5, 5.41) is 9.95. The van der Waals surface area contributed by atoms with Crippen molar-refractivity contribution in [1.82, 2.24) is 0 Å². The van der Waals surface area contributed by atoms with E-state index in [-0.39, 0.29) is 5.78 Å². The molecule has 0 radical (unpaired) electrons. The lowest BCUT2D eigenvalue weighted by Gasteiger charge is -2.12. The third kappa shape index (κ3) is 2.93. The Labute approximate surface area is 103 Å². The molecule has 1 rings (SSSR count). The van der Waals surface area contributed by atoms with Gasteiger partial charge in [0.05, 0.1) is 7.11 Å². The van der Waals surface area contributed by atoms with Crippen molar-refractivity contribution < 1.29 is 14.6 Å². The highest BCUT2D eigenvalue weighted by Crippen LogP contribution is 2.25. The number of Topliss-reactive ketones (excluding diaryl/α,β-unsaturated/α-hetero) is 1. The minimum absolute atomic E-state index is 0.166. The van der Waals surface area contributed by atoms with Crippen LogP contribution in [0.1, 0.15) is 18.6 Å². The van der Waals surface area contributed by atoms with E-state index in [1.807, 2.05) is 0 Å². The molecule has 0 bridgehead atoms. The summed E-state index contributed by atoms with van der Waals surface area (Å²) in [6, 6.07) is 6.93. The molecule has 0 spiro atoms. The van der Waals surface area contributed by atoms with E-state index in [4.69, 9.17) is 4.74 Å². The molecule has 4 heteroatoms. The second kappa shape index (κ2) is 5.82. The summed E-state index contributed by atoms with van der Waals surface area (Å²) in [5.74, 6) is 0.545. The first-order valence-electron chi connectivity index (χ1n) is 4.73. The van der Waals surface area contributed by atoms with Crippen LogP contribution in [0.15, 0.2) is 34.8 Å². The second-order valence-corrected chi connectivity index (χ2v) is 3.75. The van der Waals surface area contributed by atoms with Crippen LogP contribution in [0, 0.1) is 0 Å². The molecule has 3 nitrogen and oxygen atoms in total. The monoisotopic (exact) mass is 284 g/mol. The average Bonchev–Trinajstić information content (AvgIpc) is 2.29. The van der Waals surface area contributed by atoms with Gasteiger partial charge in [-0.15, -0.1) is 0 Å². The highest BCUT2D eigenvalue weighted by atomic mass is 79.9. The van der Waals surface area contributed by atoms with Gasteiger partial charge in [0.1, 0.15) is 11.9 Å². The molecule has 16 heavy (non-hydrogen) atoms. The fourth-order valence-corrected chi connectivity index (χ4v) is 1.87. The molecule has 0 saturated carbocycles. The SMILES string of the molecule is COc1ccc(C(O)/C(=C/Br)C(C)=O)cc1. The Bertz CT molecular complexity index is 395. The van der Waals surface area contributed by atoms with Crippen LogP contribution in [0.3, 0.4) is 0 Å². The number of carbonyl (C=O) groups is 1. The lowest BCUT2D eigenvalue weighted by molar-refractivity contribution is -0.114. The zero-order chi connectivity index (χ0) is 12.1. The topological polar surface area (TPSA) is 46.5 Å². The van der Waals surface area contributed by atoms with E-state index >= 15 is 0 Å². The molecular weight excluding hydrogens is 272 g/mol. The van der Waals surface area contributed by atoms with E-state index in [0.29, 0.717) is 16.9 Å². The summed E-state index contributed by atoms with van der Waals surface area (Å²) >= 11 is 3.07. The smallest absolute Gasteiger partial charge is 0.159 e. The summed E-state index contributed by atoms with van der Waals surface area (Å²) < 4.78 is 5.01. The fourth-order valence-electron chi connectivity index (χ4n) is 1.29. The number of benzene rings is 1. The van der Waals surface area contributed by atoms with Gasteiger partial charge >= 0.3 is 0 Å². The van der Waals surface area contributed by atoms with Gasteiger partial charge < -0.3 is 9.84 Å². The molecule has 1 unspecified atom stereocenters. The Balaban J connectivity index is 2.95. The minimum atomic E-state index is -0.914. The Hall–Kier alpha value is -1.13. The summed E-state index contributed by atoms with van der Waals surface area (Å²) in [6.07, 6.45) is -0.914. The van der Waals surface area contributed by atoms with Crippen molar-refractivity contribution >= 4 is 21.7 Å². The molecule has 1 N–H and O–H groups in total. The number of methoxy groups -OCH3 is 1. The maximum absolute atomic E-state index is 11.2. The molecule has 0 saturated heterocycles. The highest BCUT2D eigenvalue weighted by molar-refractivity contribution is 9.11. The number of halogens is 1. The normalized spacial score (nSPS) is 13.4. The summed E-state index contributed by atoms with van der Waals surface area (Å²) in [4.78, 5) is 12.7. The van der Waals surface area contributed by atoms with Gasteiger partial charge in [-0.1, -0.05) is 28.1 Å². The van der Waals surface area contributed by atoms with E-state index in [2.05, 4.69) is 15.9 Å². The van der Waals surface area contributed by atoms with Crippen molar-refractivity contribution in [1.29, 1.82) is 0 Å². The van der Waals surface area contributed by atoms with Crippen LogP contribution in [0.5, 0.6) is 5.75 Å². The van der Waals surface area contributed by atoms with Gasteiger partial charge in [0, 0.05) is 5.57 Å². The average molecular weight is 285 g/mol. The zero-order valence-corrected chi connectivity index (χ0v) is 10.7. The van der Waals surface area contributed by atoms with Crippen LogP contribution in [0.4, 0.5) is 0 Å². The number of ether oxygens (including phenoxy) is 1. The van der Waals surface area contributed by atoms with Gasteiger partial charge in [0.2, 0.25) is 0 Å². The highest BCUT2D eigenvalue weighted by Gasteiger charge is 2.16. The van der Waals surface area contributed by atoms with Gasteiger partial charge in [-0.2, -0.15) is 0 Å². The van der Waals surface area contributed by atoms with E-state index in [1.165, 1.54) is 11.9 Å². The third-order valence-corrected chi connectivity index (χ3v) is 2.74. The predicted octanol–water partition coefficient (Wildman–Crippen LogP) is 2.60. The lowest BCUT2D eigenvalue weighted by Crippen LogP contribution is -2.08. The standard InChI is InChI=1S/C12H13BrO3/c1-8(14)11(7-13)12(15)9-3-5-10(16-2)6-4-9/h3-7,12,15H,1-2H3/b11-7+. The lowest BCUT2D eigenvalue weighted by atomic mass is 10.0. The van der Waals surface area contributed by atoms with E-state index < -0.39 is 6.10 Å². The van der Waals surface area contributed by atoms with Gasteiger partial charge in [0.15, 0.2) is 5.78 Å². The first kappa shape index (κ1) is 12.9. The van der Waals surface area contributed by atoms with Crippen LogP contribution in [-0.4, -0.2) is 18.0 Å². The number of aliphatic hydroxyl groups is 1. The first-order chi connectivity index (χ1) is 7.60. The fraction of sp³-hybridized carbons (Fsp3) is 0.250. The third-order valence-electron chi connectivity index (χ3n) is 2.25. The van der Waals surface area contributed by atoms with Gasteiger partial charge in [-0.25, -0.2) is 0 Å². The molecule has 0 fully saturated rings. The molecule has 1 aromatic carbocycles. The van der Waals surface area contributed by atoms with E-state index in [9.17, 15) is 9.90 Å². The van der Waals surface area contributed by atoms with Crippen molar-refractivity contribution in [3.63, 3.8) is 0 Å². The molecule has 0 aliphatic heterocycles. The molecule has 1 aromatic rings. The molecule has 1 atom stereocenters. The number of ketones is 1. The molecule has 0 heterocycles. The Morgan fingerprint density at radius 1 is 1.44 bits per heavy atom. The molecule has 0 aliphatic carbocycles. The number of rotatable bonds is 4. The Kier molecular flexibility index (Phi) is 4.71. The van der Waals surface area contributed by atoms with E-state index in [1.54, 1.807) is 31.4 Å². The maximum Gasteiger partial charge on any atom is 0.159 e. The van der Waals surface area contributed by atoms with Gasteiger partial charge in [-0.3, -0.25) is 4.79 Å². The molecular formula is C12H13BrO3. The van der Waals surface area contributed by atoms with Crippen LogP contribution in [0.25, 0.3) is 0 Å². The number of carbonyl (C=O) groups excluding carboxylic acids is 1. The van der Waals surface area contributed by atoms with Crippen molar-refractivity contribution in [3.05, 3.63) is 40.4 Å². The van der Waals surface area contributed by atoms with Crippen molar-refractivity contribution in [3.8, 4) is 5.75 Å².